The zero-order valence-electron chi connectivity index (χ0n) is 16.3. The van der Waals surface area contributed by atoms with Gasteiger partial charge in [-0.1, -0.05) is 48.2 Å². The van der Waals surface area contributed by atoms with Crippen molar-refractivity contribution in [1.82, 2.24) is 20.1 Å². The van der Waals surface area contributed by atoms with Gasteiger partial charge in [0, 0.05) is 28.9 Å². The molecule has 5 nitrogen and oxygen atoms in total. The first-order valence-electron chi connectivity index (χ1n) is 9.83. The summed E-state index contributed by atoms with van der Waals surface area (Å²) in [5, 5.41) is 14.8. The van der Waals surface area contributed by atoms with Crippen LogP contribution in [0.25, 0.3) is 11.4 Å². The standard InChI is InChI=1S/C22H24N4OS2/c1-2-12-26-21(18-14-28-19-11-7-6-10-17(18)19)24-25-22(26)29-15-20(27)23-13-16-8-4-3-5-9-16/h2-5,8-9,14H,1,6-7,10-13,15H2,(H,23,27). The molecule has 0 spiro atoms. The molecule has 4 rings (SSSR count). The molecule has 2 aromatic heterocycles. The molecule has 1 aromatic carbocycles. The lowest BCUT2D eigenvalue weighted by Crippen LogP contribution is -2.24. The van der Waals surface area contributed by atoms with Crippen LogP contribution in [0.15, 0.2) is 53.5 Å². The molecule has 0 unspecified atom stereocenters. The molecule has 1 aliphatic carbocycles. The van der Waals surface area contributed by atoms with Gasteiger partial charge < -0.3 is 5.32 Å². The van der Waals surface area contributed by atoms with E-state index < -0.39 is 0 Å². The summed E-state index contributed by atoms with van der Waals surface area (Å²) in [7, 11) is 0. The highest BCUT2D eigenvalue weighted by Gasteiger charge is 2.22. The third-order valence-corrected chi connectivity index (χ3v) is 7.05. The van der Waals surface area contributed by atoms with Gasteiger partial charge in [0.25, 0.3) is 0 Å². The lowest BCUT2D eigenvalue weighted by atomic mass is 9.95. The van der Waals surface area contributed by atoms with Crippen LogP contribution in [0.5, 0.6) is 0 Å². The monoisotopic (exact) mass is 424 g/mol. The second-order valence-electron chi connectivity index (χ2n) is 7.01. The number of hydrogen-bond donors (Lipinski definition) is 1. The van der Waals surface area contributed by atoms with Gasteiger partial charge in [0.15, 0.2) is 11.0 Å². The largest absolute Gasteiger partial charge is 0.351 e. The number of aryl methyl sites for hydroxylation is 1. The van der Waals surface area contributed by atoms with Gasteiger partial charge in [0.1, 0.15) is 0 Å². The van der Waals surface area contributed by atoms with Crippen LogP contribution in [0.3, 0.4) is 0 Å². The van der Waals surface area contributed by atoms with E-state index in [0.29, 0.717) is 18.8 Å². The number of fused-ring (bicyclic) bond motifs is 1. The minimum absolute atomic E-state index is 0.0125. The molecule has 0 aliphatic heterocycles. The first-order chi connectivity index (χ1) is 14.3. The molecule has 3 aromatic rings. The smallest absolute Gasteiger partial charge is 0.230 e. The maximum absolute atomic E-state index is 12.3. The number of thioether (sulfide) groups is 1. The highest BCUT2D eigenvalue weighted by molar-refractivity contribution is 7.99. The zero-order valence-corrected chi connectivity index (χ0v) is 17.9. The first kappa shape index (κ1) is 19.9. The molecule has 7 heteroatoms. The van der Waals surface area contributed by atoms with E-state index in [1.54, 1.807) is 0 Å². The number of amides is 1. The summed E-state index contributed by atoms with van der Waals surface area (Å²) in [5.41, 5.74) is 3.71. The number of carbonyl (C=O) groups excluding carboxylic acids is 1. The number of benzene rings is 1. The van der Waals surface area contributed by atoms with Crippen molar-refractivity contribution in [2.45, 2.75) is 43.9 Å². The number of carbonyl (C=O) groups is 1. The van der Waals surface area contributed by atoms with Crippen molar-refractivity contribution in [3.05, 3.63) is 64.4 Å². The fraction of sp³-hybridized carbons (Fsp3) is 0.318. The Morgan fingerprint density at radius 1 is 1.24 bits per heavy atom. The molecular weight excluding hydrogens is 400 g/mol. The predicted molar refractivity (Wildman–Crippen MR) is 119 cm³/mol. The third-order valence-electron chi connectivity index (χ3n) is 5.00. The van der Waals surface area contributed by atoms with Crippen LogP contribution in [-0.2, 0) is 30.7 Å². The van der Waals surface area contributed by atoms with Gasteiger partial charge in [-0.25, -0.2) is 0 Å². The van der Waals surface area contributed by atoms with Gasteiger partial charge in [0.05, 0.1) is 5.75 Å². The van der Waals surface area contributed by atoms with E-state index in [2.05, 4.69) is 32.0 Å². The molecule has 1 aliphatic rings. The Hall–Kier alpha value is -2.38. The van der Waals surface area contributed by atoms with Gasteiger partial charge in [-0.05, 0) is 36.8 Å². The van der Waals surface area contributed by atoms with Crippen molar-refractivity contribution < 1.29 is 4.79 Å². The van der Waals surface area contributed by atoms with Crippen molar-refractivity contribution in [2.24, 2.45) is 0 Å². The second-order valence-corrected chi connectivity index (χ2v) is 8.92. The Morgan fingerprint density at radius 2 is 2.07 bits per heavy atom. The number of allylic oxidation sites excluding steroid dienone is 1. The predicted octanol–water partition coefficient (Wildman–Crippen LogP) is 4.48. The molecule has 0 atom stereocenters. The van der Waals surface area contributed by atoms with Crippen LogP contribution in [0.2, 0.25) is 0 Å². The van der Waals surface area contributed by atoms with Crippen molar-refractivity contribution in [3.8, 4) is 11.4 Å². The van der Waals surface area contributed by atoms with E-state index >= 15 is 0 Å². The highest BCUT2D eigenvalue weighted by atomic mass is 32.2. The molecular formula is C22H24N4OS2. The van der Waals surface area contributed by atoms with Crippen molar-refractivity contribution in [2.75, 3.05) is 5.75 Å². The maximum Gasteiger partial charge on any atom is 0.230 e. The summed E-state index contributed by atoms with van der Waals surface area (Å²) in [4.78, 5) is 13.8. The minimum Gasteiger partial charge on any atom is -0.351 e. The van der Waals surface area contributed by atoms with Gasteiger partial charge >= 0.3 is 0 Å². The van der Waals surface area contributed by atoms with Gasteiger partial charge in [-0.15, -0.1) is 28.1 Å². The summed E-state index contributed by atoms with van der Waals surface area (Å²) in [6.07, 6.45) is 6.63. The van der Waals surface area contributed by atoms with Crippen molar-refractivity contribution >= 4 is 29.0 Å². The van der Waals surface area contributed by atoms with E-state index in [4.69, 9.17) is 0 Å². The van der Waals surface area contributed by atoms with Gasteiger partial charge in [0.2, 0.25) is 5.91 Å². The number of hydrogen-bond acceptors (Lipinski definition) is 5. The summed E-state index contributed by atoms with van der Waals surface area (Å²) >= 11 is 3.25. The van der Waals surface area contributed by atoms with Crippen LogP contribution in [-0.4, -0.2) is 26.4 Å². The topological polar surface area (TPSA) is 59.8 Å². The fourth-order valence-corrected chi connectivity index (χ4v) is 5.45. The van der Waals surface area contributed by atoms with Crippen LogP contribution in [0, 0.1) is 0 Å². The summed E-state index contributed by atoms with van der Waals surface area (Å²) in [6.45, 7) is 5.04. The SMILES string of the molecule is C=CCn1c(SCC(=O)NCc2ccccc2)nnc1-c1csc2c1CCCC2. The van der Waals surface area contributed by atoms with E-state index in [1.807, 2.05) is 47.7 Å². The van der Waals surface area contributed by atoms with Crippen LogP contribution in [0.1, 0.15) is 28.8 Å². The minimum atomic E-state index is -0.0125. The Balaban J connectivity index is 1.45. The molecule has 150 valence electrons. The summed E-state index contributed by atoms with van der Waals surface area (Å²) in [5.74, 6) is 1.18. The Labute approximate surface area is 179 Å². The Kier molecular flexibility index (Phi) is 6.46. The summed E-state index contributed by atoms with van der Waals surface area (Å²) < 4.78 is 2.07. The number of rotatable bonds is 8. The van der Waals surface area contributed by atoms with Crippen molar-refractivity contribution in [3.63, 3.8) is 0 Å². The van der Waals surface area contributed by atoms with Gasteiger partial charge in [-0.3, -0.25) is 9.36 Å². The Morgan fingerprint density at radius 3 is 2.90 bits per heavy atom. The number of aromatic nitrogens is 3. The normalized spacial score (nSPS) is 13.1. The van der Waals surface area contributed by atoms with Crippen LogP contribution in [0.4, 0.5) is 0 Å². The average Bonchev–Trinajstić information content (AvgIpc) is 3.35. The van der Waals surface area contributed by atoms with Crippen LogP contribution >= 0.6 is 23.1 Å². The van der Waals surface area contributed by atoms with E-state index in [1.165, 1.54) is 47.0 Å². The first-order valence-corrected chi connectivity index (χ1v) is 11.7. The molecule has 0 fully saturated rings. The number of nitrogens with one attached hydrogen (secondary N) is 1. The molecule has 1 amide bonds. The third kappa shape index (κ3) is 4.62. The molecule has 29 heavy (non-hydrogen) atoms. The maximum atomic E-state index is 12.3. The lowest BCUT2D eigenvalue weighted by molar-refractivity contribution is -0.118. The molecule has 0 radical (unpaired) electrons. The molecule has 1 N–H and O–H groups in total. The van der Waals surface area contributed by atoms with Gasteiger partial charge in [-0.2, -0.15) is 0 Å². The zero-order chi connectivity index (χ0) is 20.1. The molecule has 0 saturated heterocycles. The quantitative estimate of drug-likeness (QED) is 0.428. The van der Waals surface area contributed by atoms with Crippen molar-refractivity contribution in [1.29, 1.82) is 0 Å². The number of thiophene rings is 1. The average molecular weight is 425 g/mol. The summed E-state index contributed by atoms with van der Waals surface area (Å²) in [6, 6.07) is 9.91. The number of nitrogens with zero attached hydrogens (tertiary/aromatic N) is 3. The lowest BCUT2D eigenvalue weighted by Gasteiger charge is -2.13. The van der Waals surface area contributed by atoms with E-state index in [9.17, 15) is 4.79 Å². The fourth-order valence-electron chi connectivity index (χ4n) is 3.55. The van der Waals surface area contributed by atoms with Crippen LogP contribution < -0.4 is 5.32 Å². The molecule has 2 heterocycles. The highest BCUT2D eigenvalue weighted by Crippen LogP contribution is 2.36. The molecule has 0 bridgehead atoms. The molecule has 0 saturated carbocycles. The van der Waals surface area contributed by atoms with E-state index in [0.717, 1.165) is 23.0 Å². The Bertz CT molecular complexity index is 994. The second kappa shape index (κ2) is 9.41. The van der Waals surface area contributed by atoms with E-state index in [-0.39, 0.29) is 5.91 Å².